The van der Waals surface area contributed by atoms with E-state index in [1.54, 1.807) is 43.1 Å². The Balaban J connectivity index is 0.000000694. The molecule has 0 bridgehead atoms. The number of benzene rings is 7. The molecule has 0 aliphatic rings. The number of hydrogen-bond acceptors (Lipinski definition) is 11. The van der Waals surface area contributed by atoms with E-state index in [0.29, 0.717) is 90.8 Å². The molecule has 0 aliphatic carbocycles. The van der Waals surface area contributed by atoms with Crippen molar-refractivity contribution >= 4 is 41.4 Å². The summed E-state index contributed by atoms with van der Waals surface area (Å²) in [7, 11) is 12.1. The van der Waals surface area contributed by atoms with Gasteiger partial charge in [0.25, 0.3) is 0 Å². The molecule has 658 valence electrons. The van der Waals surface area contributed by atoms with Gasteiger partial charge in [-0.25, -0.2) is 0 Å². The largest absolute Gasteiger partial charge is 0.497 e. The van der Waals surface area contributed by atoms with Crippen molar-refractivity contribution in [3.8, 4) is 23.0 Å². The first kappa shape index (κ1) is 107. The first-order valence-electron chi connectivity index (χ1n) is 41.4. The number of ether oxygens (including phenoxy) is 4. The van der Waals surface area contributed by atoms with E-state index in [1.807, 2.05) is 142 Å². The second-order valence-electron chi connectivity index (χ2n) is 39.4. The maximum atomic E-state index is 12.0. The van der Waals surface area contributed by atoms with Crippen molar-refractivity contribution in [2.24, 2.45) is 37.9 Å². The molecular weight excluding hydrogens is 1490 g/mol. The number of carbonyl (C=O) groups excluding carboxylic acids is 7. The van der Waals surface area contributed by atoms with E-state index in [0.717, 1.165) is 56.4 Å². The van der Waals surface area contributed by atoms with E-state index < -0.39 is 0 Å². The number of carbonyl (C=O) groups is 7. The van der Waals surface area contributed by atoms with Crippen molar-refractivity contribution in [1.82, 2.24) is 36.0 Å². The lowest BCUT2D eigenvalue weighted by Gasteiger charge is -2.23. The van der Waals surface area contributed by atoms with Crippen LogP contribution in [0.1, 0.15) is 246 Å². The minimum absolute atomic E-state index is 0.0263. The topological polar surface area (TPSA) is 214 Å². The van der Waals surface area contributed by atoms with Crippen LogP contribution in [0.2, 0.25) is 0 Å². The van der Waals surface area contributed by atoms with Gasteiger partial charge in [0.15, 0.2) is 0 Å². The summed E-state index contributed by atoms with van der Waals surface area (Å²) in [4.78, 5) is 87.7. The fraction of sp³-hybridized carbons (Fsp3) is 0.515. The summed E-state index contributed by atoms with van der Waals surface area (Å²) in [6.45, 7) is 53.9. The molecule has 7 aromatic carbocycles. The van der Waals surface area contributed by atoms with Gasteiger partial charge < -0.3 is 54.9 Å². The zero-order chi connectivity index (χ0) is 90.7. The van der Waals surface area contributed by atoms with E-state index in [1.165, 1.54) is 22.3 Å². The zero-order valence-corrected chi connectivity index (χ0v) is 78.9. The first-order valence-corrected chi connectivity index (χ1v) is 41.4. The molecule has 0 atom stereocenters. The SMILES string of the molecule is COc1ccc(CN(C)C(=O)CC(C)(C)C)cc1.COc1ccc(CNC(=O)CC(C)(C)C)cc1.COc1cccc(CN(C)C(=O)CC(C)(C)C)c1.COc1cccc(CNC(=O)CC(C)(C)C)c1.Cc1ccc(CN(C)C(=O)CC(C)(C)C)cc1.Cc1ccc(CNC(=O)CC(C)(C)C)cc1.Cc1cccc(CNC(=O)CC(C)(C)C)c1. The Bertz CT molecular complexity index is 4120. The fourth-order valence-corrected chi connectivity index (χ4v) is 11.1. The third-order valence-corrected chi connectivity index (χ3v) is 17.2. The van der Waals surface area contributed by atoms with Crippen LogP contribution >= 0.6 is 0 Å². The second kappa shape index (κ2) is 52.2. The summed E-state index contributed by atoms with van der Waals surface area (Å²) in [5.41, 5.74) is 11.8. The van der Waals surface area contributed by atoms with Crippen molar-refractivity contribution in [2.45, 2.75) is 257 Å². The molecule has 18 heteroatoms. The number of methoxy groups -OCH3 is 4. The Morgan fingerprint density at radius 2 is 0.479 bits per heavy atom. The Morgan fingerprint density at radius 1 is 0.252 bits per heavy atom. The molecule has 0 unspecified atom stereocenters. The average molecular weight is 1640 g/mol. The predicted molar refractivity (Wildman–Crippen MR) is 491 cm³/mol. The minimum Gasteiger partial charge on any atom is -0.497 e. The van der Waals surface area contributed by atoms with E-state index >= 15 is 0 Å². The summed E-state index contributed by atoms with van der Waals surface area (Å²) in [5, 5.41) is 11.7. The number of nitrogens with one attached hydrogen (secondary N) is 4. The van der Waals surface area contributed by atoms with Crippen LogP contribution in [0.15, 0.2) is 170 Å². The molecule has 0 heterocycles. The van der Waals surface area contributed by atoms with Crippen LogP contribution in [0, 0.1) is 58.7 Å². The van der Waals surface area contributed by atoms with Crippen LogP contribution in [-0.4, -0.2) is 106 Å². The highest BCUT2D eigenvalue weighted by molar-refractivity contribution is 5.79. The number of rotatable bonds is 25. The number of amides is 7. The first-order chi connectivity index (χ1) is 54.9. The molecule has 0 fully saturated rings. The Morgan fingerprint density at radius 3 is 0.756 bits per heavy atom. The highest BCUT2D eigenvalue weighted by atomic mass is 16.5. The van der Waals surface area contributed by atoms with Crippen LogP contribution in [-0.2, 0) is 79.4 Å². The van der Waals surface area contributed by atoms with E-state index in [4.69, 9.17) is 18.9 Å². The normalized spacial score (nSPS) is 11.2. The zero-order valence-electron chi connectivity index (χ0n) is 78.9. The van der Waals surface area contributed by atoms with Gasteiger partial charge in [-0.05, 0) is 146 Å². The second-order valence-corrected chi connectivity index (χ2v) is 39.4. The van der Waals surface area contributed by atoms with Gasteiger partial charge in [-0.15, -0.1) is 0 Å². The molecule has 18 nitrogen and oxygen atoms in total. The molecule has 7 aromatic rings. The summed E-state index contributed by atoms with van der Waals surface area (Å²) in [6, 6.07) is 55.7. The van der Waals surface area contributed by atoms with E-state index in [2.05, 4.69) is 236 Å². The summed E-state index contributed by atoms with van der Waals surface area (Å²) in [6.07, 6.45) is 3.94. The fourth-order valence-electron chi connectivity index (χ4n) is 11.1. The molecule has 0 saturated heterocycles. The number of nitrogens with zero attached hydrogens (tertiary/aromatic N) is 3. The maximum absolute atomic E-state index is 12.0. The molecule has 4 N–H and O–H groups in total. The number of aryl methyl sites for hydroxylation is 3. The molecule has 0 spiro atoms. The lowest BCUT2D eigenvalue weighted by Crippen LogP contribution is -2.29. The van der Waals surface area contributed by atoms with Gasteiger partial charge >= 0.3 is 0 Å². The third kappa shape index (κ3) is 56.2. The Hall–Kier alpha value is -9.97. The Labute approximate surface area is 718 Å². The van der Waals surface area contributed by atoms with Gasteiger partial charge in [-0.2, -0.15) is 0 Å². The predicted octanol–water partition coefficient (Wildman–Crippen LogP) is 21.2. The summed E-state index contributed by atoms with van der Waals surface area (Å²) in [5.74, 6) is 4.27. The van der Waals surface area contributed by atoms with Crippen LogP contribution in [0.3, 0.4) is 0 Å². The van der Waals surface area contributed by atoms with Crippen LogP contribution < -0.4 is 40.2 Å². The van der Waals surface area contributed by atoms with Crippen molar-refractivity contribution < 1.29 is 52.5 Å². The lowest BCUT2D eigenvalue weighted by atomic mass is 9.91. The molecule has 0 radical (unpaired) electrons. The number of hydrogen-bond donors (Lipinski definition) is 4. The third-order valence-electron chi connectivity index (χ3n) is 17.2. The lowest BCUT2D eigenvalue weighted by molar-refractivity contribution is -0.133. The summed E-state index contributed by atoms with van der Waals surface area (Å²) >= 11 is 0. The van der Waals surface area contributed by atoms with Crippen molar-refractivity contribution in [3.63, 3.8) is 0 Å². The van der Waals surface area contributed by atoms with E-state index in [9.17, 15) is 33.6 Å². The molecule has 0 aromatic heterocycles. The van der Waals surface area contributed by atoms with Gasteiger partial charge in [0, 0.05) is 112 Å². The monoisotopic (exact) mass is 1640 g/mol. The van der Waals surface area contributed by atoms with Crippen LogP contribution in [0.4, 0.5) is 0 Å². The van der Waals surface area contributed by atoms with Gasteiger partial charge in [0.05, 0.1) is 28.4 Å². The maximum Gasteiger partial charge on any atom is 0.223 e. The quantitative estimate of drug-likeness (QED) is 0.0422. The smallest absolute Gasteiger partial charge is 0.223 e. The molecule has 7 amide bonds. The van der Waals surface area contributed by atoms with Gasteiger partial charge in [0.1, 0.15) is 23.0 Å². The van der Waals surface area contributed by atoms with E-state index in [-0.39, 0.29) is 79.3 Å². The minimum atomic E-state index is 0.0263. The van der Waals surface area contributed by atoms with Crippen molar-refractivity contribution in [1.29, 1.82) is 0 Å². The van der Waals surface area contributed by atoms with Crippen molar-refractivity contribution in [3.05, 3.63) is 225 Å². The molecular formula is C101H153N7O11. The molecule has 119 heavy (non-hydrogen) atoms. The molecule has 0 aliphatic heterocycles. The average Bonchev–Trinajstić information content (AvgIpc) is 0.945. The van der Waals surface area contributed by atoms with Gasteiger partial charge in [0.2, 0.25) is 41.4 Å². The molecule has 7 rings (SSSR count). The van der Waals surface area contributed by atoms with Crippen LogP contribution in [0.5, 0.6) is 23.0 Å². The standard InChI is InChI=1S/2C15H23NO2.C15H23NO.2C14H21NO2.2C14H21NO/c1-15(2,3)10-14(17)16(4)11-12-6-8-13(18-5)9-7-12;1-15(2,3)10-14(17)16(4)11-12-7-6-8-13(9-12)18-5;1-12-6-8-13(9-7-12)11-16(5)14(17)10-15(2,3)4;1-14(2,3)9-13(16)15-10-11-5-7-12(17-4)8-6-11;1-14(2,3)9-13(16)15-10-11-6-5-7-12(8-11)17-4;1-11-5-7-12(8-6-11)10-15-13(16)9-14(2,3)4;1-11-6-5-7-12(8-11)10-15-13(16)9-14(2,3)4/h2*6-9H,10-11H2,1-5H3;6-9H,10-11H2,1-5H3;2*5-8H,9-10H2,1-4H3,(H,15,16);2*5-8H,9-10H2,1-4H3,(H,15,16). The Kier molecular flexibility index (Phi) is 46.9. The van der Waals surface area contributed by atoms with Gasteiger partial charge in [-0.3, -0.25) is 33.6 Å². The van der Waals surface area contributed by atoms with Crippen molar-refractivity contribution in [2.75, 3.05) is 49.6 Å². The highest BCUT2D eigenvalue weighted by Crippen LogP contribution is 2.26. The summed E-state index contributed by atoms with van der Waals surface area (Å²) < 4.78 is 20.5. The highest BCUT2D eigenvalue weighted by Gasteiger charge is 2.24. The molecule has 0 saturated carbocycles. The van der Waals surface area contributed by atoms with Gasteiger partial charge in [-0.1, -0.05) is 283 Å². The van der Waals surface area contributed by atoms with Crippen LogP contribution in [0.25, 0.3) is 0 Å².